The van der Waals surface area contributed by atoms with Crippen LogP contribution in [0.5, 0.6) is 0 Å². The number of aliphatic hydroxyl groups is 1. The lowest BCUT2D eigenvalue weighted by Gasteiger charge is -2.27. The lowest BCUT2D eigenvalue weighted by Crippen LogP contribution is -2.54. The van der Waals surface area contributed by atoms with Crippen LogP contribution in [0, 0.1) is 0 Å². The maximum atomic E-state index is 13.2. The van der Waals surface area contributed by atoms with E-state index < -0.39 is 24.0 Å². The Morgan fingerprint density at radius 3 is 2.29 bits per heavy atom. The van der Waals surface area contributed by atoms with Crippen molar-refractivity contribution >= 4 is 5.91 Å². The molecule has 0 aliphatic heterocycles. The quantitative estimate of drug-likeness (QED) is 0.675. The van der Waals surface area contributed by atoms with Gasteiger partial charge in [0, 0.05) is 20.1 Å². The second-order valence-corrected chi connectivity index (χ2v) is 3.34. The van der Waals surface area contributed by atoms with Crippen molar-refractivity contribution in [3.05, 3.63) is 0 Å². The molecule has 4 nitrogen and oxygen atoms in total. The summed E-state index contributed by atoms with van der Waals surface area (Å²) in [5.41, 5.74) is 5.24. The number of rotatable bonds is 4. The molecule has 0 bridgehead atoms. The predicted molar refractivity (Wildman–Crippen MR) is 47.9 cm³/mol. The number of alkyl halides is 2. The molecule has 1 amide bonds. The molecule has 3 N–H and O–H groups in total. The van der Waals surface area contributed by atoms with E-state index in [0.29, 0.717) is 0 Å². The van der Waals surface area contributed by atoms with Crippen molar-refractivity contribution in [1.29, 1.82) is 0 Å². The summed E-state index contributed by atoms with van der Waals surface area (Å²) in [6.07, 6.45) is -1.96. The molecule has 0 heterocycles. The molecule has 1 unspecified atom stereocenters. The Morgan fingerprint density at radius 1 is 1.57 bits per heavy atom. The van der Waals surface area contributed by atoms with Crippen molar-refractivity contribution in [2.45, 2.75) is 31.4 Å². The molecule has 0 aliphatic carbocycles. The Bertz CT molecular complexity index is 210. The Morgan fingerprint density at radius 2 is 2.00 bits per heavy atom. The highest BCUT2D eigenvalue weighted by Crippen LogP contribution is 2.23. The third-order valence-electron chi connectivity index (χ3n) is 1.94. The summed E-state index contributed by atoms with van der Waals surface area (Å²) in [5.74, 6) is -5.26. The number of aliphatic hydroxyl groups excluding tert-OH is 1. The molecule has 6 heteroatoms. The number of amides is 1. The average molecular weight is 210 g/mol. The van der Waals surface area contributed by atoms with Gasteiger partial charge in [-0.1, -0.05) is 6.92 Å². The molecule has 0 aromatic carbocycles. The van der Waals surface area contributed by atoms with Gasteiger partial charge in [-0.05, 0) is 6.42 Å². The van der Waals surface area contributed by atoms with Gasteiger partial charge in [0.25, 0.3) is 5.91 Å². The van der Waals surface area contributed by atoms with Crippen molar-refractivity contribution in [2.75, 3.05) is 14.1 Å². The SMILES string of the molecule is CCC(N)[C@H](O)C(F)(F)C(=O)N(C)C. The van der Waals surface area contributed by atoms with Gasteiger partial charge < -0.3 is 15.7 Å². The van der Waals surface area contributed by atoms with Crippen molar-refractivity contribution in [3.8, 4) is 0 Å². The van der Waals surface area contributed by atoms with Gasteiger partial charge in [0.1, 0.15) is 6.10 Å². The van der Waals surface area contributed by atoms with Crippen LogP contribution in [0.1, 0.15) is 13.3 Å². The van der Waals surface area contributed by atoms with E-state index in [1.54, 1.807) is 6.92 Å². The fourth-order valence-corrected chi connectivity index (χ4v) is 0.917. The molecule has 0 radical (unpaired) electrons. The molecule has 14 heavy (non-hydrogen) atoms. The number of carbonyl (C=O) groups is 1. The summed E-state index contributed by atoms with van der Waals surface area (Å²) in [6, 6.07) is -1.10. The lowest BCUT2D eigenvalue weighted by atomic mass is 10.0. The minimum atomic E-state index is -3.82. The first-order valence-electron chi connectivity index (χ1n) is 4.28. The first kappa shape index (κ1) is 13.2. The van der Waals surface area contributed by atoms with Crippen LogP contribution >= 0.6 is 0 Å². The summed E-state index contributed by atoms with van der Waals surface area (Å²) in [7, 11) is 2.39. The van der Waals surface area contributed by atoms with Gasteiger partial charge in [-0.25, -0.2) is 0 Å². The smallest absolute Gasteiger partial charge is 0.351 e. The maximum Gasteiger partial charge on any atom is 0.351 e. The van der Waals surface area contributed by atoms with E-state index in [0.717, 1.165) is 4.90 Å². The first-order chi connectivity index (χ1) is 6.25. The molecule has 0 spiro atoms. The molecule has 2 atom stereocenters. The molecule has 0 fully saturated rings. The van der Waals surface area contributed by atoms with Gasteiger partial charge in [0.2, 0.25) is 0 Å². The molecular formula is C8H16F2N2O2. The van der Waals surface area contributed by atoms with Crippen molar-refractivity contribution < 1.29 is 18.7 Å². The summed E-state index contributed by atoms with van der Waals surface area (Å²) >= 11 is 0. The van der Waals surface area contributed by atoms with Crippen molar-refractivity contribution in [1.82, 2.24) is 4.90 Å². The lowest BCUT2D eigenvalue weighted by molar-refractivity contribution is -0.174. The average Bonchev–Trinajstić information content (AvgIpc) is 2.13. The second kappa shape index (κ2) is 4.65. The number of hydrogen-bond acceptors (Lipinski definition) is 3. The number of carbonyl (C=O) groups excluding carboxylic acids is 1. The Balaban J connectivity index is 4.68. The maximum absolute atomic E-state index is 13.2. The van der Waals surface area contributed by atoms with E-state index >= 15 is 0 Å². The Kier molecular flexibility index (Phi) is 4.41. The molecule has 0 aromatic heterocycles. The fraction of sp³-hybridized carbons (Fsp3) is 0.875. The Hall–Kier alpha value is -0.750. The highest BCUT2D eigenvalue weighted by Gasteiger charge is 2.49. The number of nitrogens with two attached hydrogens (primary N) is 1. The van der Waals surface area contributed by atoms with Gasteiger partial charge in [-0.15, -0.1) is 0 Å². The van der Waals surface area contributed by atoms with E-state index in [1.165, 1.54) is 14.1 Å². The van der Waals surface area contributed by atoms with Crippen LogP contribution < -0.4 is 5.73 Å². The molecule has 0 saturated carbocycles. The minimum Gasteiger partial charge on any atom is -0.385 e. The van der Waals surface area contributed by atoms with Gasteiger partial charge in [0.05, 0.1) is 0 Å². The summed E-state index contributed by atoms with van der Waals surface area (Å²) in [4.78, 5) is 11.7. The zero-order valence-corrected chi connectivity index (χ0v) is 8.50. The normalized spacial score (nSPS) is 16.2. The fourth-order valence-electron chi connectivity index (χ4n) is 0.917. The predicted octanol–water partition coefficient (Wildman–Crippen LogP) is -0.192. The first-order valence-corrected chi connectivity index (χ1v) is 4.28. The molecule has 0 saturated heterocycles. The van der Waals surface area contributed by atoms with E-state index in [4.69, 9.17) is 10.8 Å². The third-order valence-corrected chi connectivity index (χ3v) is 1.94. The van der Waals surface area contributed by atoms with Crippen LogP contribution in [-0.2, 0) is 4.79 Å². The standard InChI is InChI=1S/C8H16F2N2O2/c1-4-5(11)6(13)8(9,10)7(14)12(2)3/h5-6,13H,4,11H2,1-3H3/t5?,6-/m0/s1. The highest BCUT2D eigenvalue weighted by molar-refractivity contribution is 5.83. The number of hydrogen-bond donors (Lipinski definition) is 2. The largest absolute Gasteiger partial charge is 0.385 e. The molecule has 0 aliphatic rings. The highest BCUT2D eigenvalue weighted by atomic mass is 19.3. The van der Waals surface area contributed by atoms with Crippen LogP contribution in [0.3, 0.4) is 0 Å². The Labute approximate surface area is 81.7 Å². The number of nitrogens with zero attached hydrogens (tertiary/aromatic N) is 1. The van der Waals surface area contributed by atoms with Crippen molar-refractivity contribution in [2.24, 2.45) is 5.73 Å². The minimum absolute atomic E-state index is 0.178. The van der Waals surface area contributed by atoms with E-state index in [2.05, 4.69) is 0 Å². The van der Waals surface area contributed by atoms with Crippen LogP contribution in [0.2, 0.25) is 0 Å². The summed E-state index contributed by atoms with van der Waals surface area (Å²) in [6.45, 7) is 1.56. The third kappa shape index (κ3) is 2.62. The van der Waals surface area contributed by atoms with E-state index in [1.807, 2.05) is 0 Å². The molecule has 84 valence electrons. The van der Waals surface area contributed by atoms with Gasteiger partial charge in [-0.3, -0.25) is 4.79 Å². The van der Waals surface area contributed by atoms with Crippen LogP contribution in [0.25, 0.3) is 0 Å². The molecule has 0 aromatic rings. The van der Waals surface area contributed by atoms with Crippen LogP contribution in [0.4, 0.5) is 8.78 Å². The number of halogens is 2. The monoisotopic (exact) mass is 210 g/mol. The topological polar surface area (TPSA) is 66.6 Å². The molecular weight excluding hydrogens is 194 g/mol. The summed E-state index contributed by atoms with van der Waals surface area (Å²) in [5, 5.41) is 9.14. The van der Waals surface area contributed by atoms with E-state index in [9.17, 15) is 13.6 Å². The second-order valence-electron chi connectivity index (χ2n) is 3.34. The van der Waals surface area contributed by atoms with Crippen LogP contribution in [-0.4, -0.2) is 48.1 Å². The molecule has 0 rings (SSSR count). The van der Waals surface area contributed by atoms with Crippen LogP contribution in [0.15, 0.2) is 0 Å². The van der Waals surface area contributed by atoms with Gasteiger partial charge in [0.15, 0.2) is 0 Å². The van der Waals surface area contributed by atoms with Gasteiger partial charge >= 0.3 is 5.92 Å². The van der Waals surface area contributed by atoms with Crippen molar-refractivity contribution in [3.63, 3.8) is 0 Å². The zero-order valence-electron chi connectivity index (χ0n) is 8.50. The summed E-state index contributed by atoms with van der Waals surface area (Å²) < 4.78 is 26.4. The zero-order chi connectivity index (χ0) is 11.5. The van der Waals surface area contributed by atoms with E-state index in [-0.39, 0.29) is 6.42 Å². The van der Waals surface area contributed by atoms with Gasteiger partial charge in [-0.2, -0.15) is 8.78 Å².